The van der Waals surface area contributed by atoms with Gasteiger partial charge in [0.05, 0.1) is 0 Å². The fourth-order valence-electron chi connectivity index (χ4n) is 2.77. The maximum atomic E-state index is 12.4. The van der Waals surface area contributed by atoms with Gasteiger partial charge in [-0.3, -0.25) is 0 Å². The predicted octanol–water partition coefficient (Wildman–Crippen LogP) is 4.21. The van der Waals surface area contributed by atoms with Crippen LogP contribution in [0.25, 0.3) is 0 Å². The number of rotatable bonds is 5. The summed E-state index contributed by atoms with van der Waals surface area (Å²) in [5.74, 6) is 0.538. The standard InChI is InChI=1S/C20H33NO4Si/c1-20(2,3)26(4,5)25-18-10-13-21(14-11-18)19(23)24-17-8-6-16(7-9-17)12-15-22/h6-9,18,22H,10-15H2,1-5H3. The van der Waals surface area contributed by atoms with Crippen LogP contribution < -0.4 is 4.74 Å². The molecule has 146 valence electrons. The first-order chi connectivity index (χ1) is 12.1. The number of carbonyl (C=O) groups excluding carboxylic acids is 1. The summed E-state index contributed by atoms with van der Waals surface area (Å²) in [6.45, 7) is 12.7. The van der Waals surface area contributed by atoms with E-state index in [0.29, 0.717) is 25.3 Å². The molecule has 0 saturated carbocycles. The van der Waals surface area contributed by atoms with Gasteiger partial charge >= 0.3 is 6.09 Å². The molecular weight excluding hydrogens is 346 g/mol. The summed E-state index contributed by atoms with van der Waals surface area (Å²) >= 11 is 0. The molecule has 1 aromatic rings. The van der Waals surface area contributed by atoms with E-state index in [1.807, 2.05) is 12.1 Å². The van der Waals surface area contributed by atoms with Crippen molar-refractivity contribution >= 4 is 14.4 Å². The minimum atomic E-state index is -1.77. The van der Waals surface area contributed by atoms with E-state index in [2.05, 4.69) is 33.9 Å². The van der Waals surface area contributed by atoms with Crippen LogP contribution in [0.5, 0.6) is 5.75 Å². The molecule has 0 aromatic heterocycles. The smallest absolute Gasteiger partial charge is 0.414 e. The number of aliphatic hydroxyl groups is 1. The van der Waals surface area contributed by atoms with Gasteiger partial charge in [0.25, 0.3) is 0 Å². The molecule has 2 rings (SSSR count). The quantitative estimate of drug-likeness (QED) is 0.779. The van der Waals surface area contributed by atoms with Gasteiger partial charge in [-0.15, -0.1) is 0 Å². The van der Waals surface area contributed by atoms with Crippen LogP contribution in [0.2, 0.25) is 18.1 Å². The van der Waals surface area contributed by atoms with Gasteiger partial charge in [-0.25, -0.2) is 4.79 Å². The molecule has 0 atom stereocenters. The monoisotopic (exact) mass is 379 g/mol. The number of ether oxygens (including phenoxy) is 1. The molecule has 0 bridgehead atoms. The Hall–Kier alpha value is -1.37. The first kappa shape index (κ1) is 20.9. The second kappa shape index (κ2) is 8.54. The lowest BCUT2D eigenvalue weighted by Crippen LogP contribution is -2.48. The minimum absolute atomic E-state index is 0.116. The van der Waals surface area contributed by atoms with Gasteiger partial charge < -0.3 is 19.2 Å². The second-order valence-corrected chi connectivity index (χ2v) is 13.3. The number of carbonyl (C=O) groups is 1. The molecule has 6 heteroatoms. The highest BCUT2D eigenvalue weighted by molar-refractivity contribution is 6.74. The molecule has 1 aliphatic rings. The summed E-state index contributed by atoms with van der Waals surface area (Å²) < 4.78 is 11.9. The Morgan fingerprint density at radius 3 is 2.27 bits per heavy atom. The van der Waals surface area contributed by atoms with E-state index in [1.54, 1.807) is 17.0 Å². The molecule has 1 amide bonds. The molecule has 1 aromatic carbocycles. The van der Waals surface area contributed by atoms with Gasteiger partial charge in [0.1, 0.15) is 5.75 Å². The van der Waals surface area contributed by atoms with Crippen LogP contribution in [-0.2, 0) is 10.8 Å². The summed E-state index contributed by atoms with van der Waals surface area (Å²) in [5.41, 5.74) is 1.02. The van der Waals surface area contributed by atoms with Crippen molar-refractivity contribution in [3.63, 3.8) is 0 Å². The zero-order chi connectivity index (χ0) is 19.4. The number of aliphatic hydroxyl groups excluding tert-OH is 1. The van der Waals surface area contributed by atoms with Crippen LogP contribution in [0.4, 0.5) is 4.79 Å². The maximum Gasteiger partial charge on any atom is 0.415 e. The topological polar surface area (TPSA) is 59.0 Å². The molecule has 26 heavy (non-hydrogen) atoms. The van der Waals surface area contributed by atoms with Gasteiger partial charge in [0.2, 0.25) is 0 Å². The van der Waals surface area contributed by atoms with E-state index in [4.69, 9.17) is 14.3 Å². The van der Waals surface area contributed by atoms with E-state index in [1.165, 1.54) is 0 Å². The van der Waals surface area contributed by atoms with Crippen molar-refractivity contribution in [3.8, 4) is 5.75 Å². The first-order valence-corrected chi connectivity index (χ1v) is 12.4. The normalized spacial score (nSPS) is 16.6. The van der Waals surface area contributed by atoms with Crippen molar-refractivity contribution in [1.82, 2.24) is 4.90 Å². The van der Waals surface area contributed by atoms with Gasteiger partial charge in [-0.05, 0) is 55.1 Å². The van der Waals surface area contributed by atoms with Crippen LogP contribution >= 0.6 is 0 Å². The number of amides is 1. The lowest BCUT2D eigenvalue weighted by atomic mass is 10.1. The van der Waals surface area contributed by atoms with Crippen molar-refractivity contribution in [2.45, 2.75) is 64.3 Å². The van der Waals surface area contributed by atoms with E-state index >= 15 is 0 Å². The average molecular weight is 380 g/mol. The van der Waals surface area contributed by atoms with E-state index in [-0.39, 0.29) is 23.8 Å². The number of likely N-dealkylation sites (tertiary alicyclic amines) is 1. The molecule has 1 aliphatic heterocycles. The van der Waals surface area contributed by atoms with Crippen LogP contribution in [0, 0.1) is 0 Å². The number of piperidine rings is 1. The van der Waals surface area contributed by atoms with E-state index in [9.17, 15) is 4.79 Å². The molecule has 0 unspecified atom stereocenters. The van der Waals surface area contributed by atoms with Gasteiger partial charge in [-0.1, -0.05) is 32.9 Å². The number of hydrogen-bond donors (Lipinski definition) is 1. The molecule has 1 heterocycles. The van der Waals surface area contributed by atoms with Crippen LogP contribution in [0.15, 0.2) is 24.3 Å². The number of nitrogens with zero attached hydrogens (tertiary/aromatic N) is 1. The third-order valence-corrected chi connectivity index (χ3v) is 10.0. The fourth-order valence-corrected chi connectivity index (χ4v) is 4.19. The summed E-state index contributed by atoms with van der Waals surface area (Å²) in [4.78, 5) is 14.1. The van der Waals surface area contributed by atoms with Gasteiger partial charge in [0.15, 0.2) is 8.32 Å². The highest BCUT2D eigenvalue weighted by atomic mass is 28.4. The molecule has 1 N–H and O–H groups in total. The summed E-state index contributed by atoms with van der Waals surface area (Å²) in [6, 6.07) is 7.29. The lowest BCUT2D eigenvalue weighted by molar-refractivity contribution is 0.0853. The SMILES string of the molecule is CC(C)(C)[Si](C)(C)OC1CCN(C(=O)Oc2ccc(CCO)cc2)CC1. The summed E-state index contributed by atoms with van der Waals surface area (Å²) in [7, 11) is -1.77. The predicted molar refractivity (Wildman–Crippen MR) is 106 cm³/mol. The Balaban J connectivity index is 1.82. The van der Waals surface area contributed by atoms with Crippen LogP contribution in [-0.4, -0.2) is 50.2 Å². The lowest BCUT2D eigenvalue weighted by Gasteiger charge is -2.41. The van der Waals surface area contributed by atoms with Crippen molar-refractivity contribution in [2.75, 3.05) is 19.7 Å². The Bertz CT molecular complexity index is 587. The Morgan fingerprint density at radius 1 is 1.19 bits per heavy atom. The van der Waals surface area contributed by atoms with Crippen LogP contribution in [0.1, 0.15) is 39.2 Å². The molecule has 5 nitrogen and oxygen atoms in total. The highest BCUT2D eigenvalue weighted by Gasteiger charge is 2.40. The van der Waals surface area contributed by atoms with Crippen molar-refractivity contribution < 1.29 is 19.1 Å². The largest absolute Gasteiger partial charge is 0.415 e. The zero-order valence-electron chi connectivity index (χ0n) is 16.7. The molecule has 0 spiro atoms. The summed E-state index contributed by atoms with van der Waals surface area (Å²) in [5, 5.41) is 9.14. The molecular formula is C20H33NO4Si. The third-order valence-electron chi connectivity index (χ3n) is 5.50. The number of benzene rings is 1. The fraction of sp³-hybridized carbons (Fsp3) is 0.650. The van der Waals surface area contributed by atoms with Gasteiger partial charge in [-0.2, -0.15) is 0 Å². The second-order valence-electron chi connectivity index (χ2n) is 8.55. The molecule has 0 radical (unpaired) electrons. The van der Waals surface area contributed by atoms with Crippen molar-refractivity contribution in [3.05, 3.63) is 29.8 Å². The average Bonchev–Trinajstić information content (AvgIpc) is 2.56. The van der Waals surface area contributed by atoms with E-state index in [0.717, 1.165) is 18.4 Å². The van der Waals surface area contributed by atoms with E-state index < -0.39 is 8.32 Å². The molecule has 0 aliphatic carbocycles. The minimum Gasteiger partial charge on any atom is -0.414 e. The van der Waals surface area contributed by atoms with Gasteiger partial charge in [0, 0.05) is 25.8 Å². The number of hydrogen-bond acceptors (Lipinski definition) is 4. The zero-order valence-corrected chi connectivity index (χ0v) is 17.7. The molecule has 1 fully saturated rings. The summed E-state index contributed by atoms with van der Waals surface area (Å²) in [6.07, 6.45) is 2.26. The first-order valence-electron chi connectivity index (χ1n) is 9.47. The third kappa shape index (κ3) is 5.56. The Kier molecular flexibility index (Phi) is 6.88. The van der Waals surface area contributed by atoms with Crippen molar-refractivity contribution in [2.24, 2.45) is 0 Å². The Labute approximate surface area is 158 Å². The molecule has 1 saturated heterocycles. The van der Waals surface area contributed by atoms with Crippen molar-refractivity contribution in [1.29, 1.82) is 0 Å². The Morgan fingerprint density at radius 2 is 1.77 bits per heavy atom. The maximum absolute atomic E-state index is 12.4. The van der Waals surface area contributed by atoms with Crippen LogP contribution in [0.3, 0.4) is 0 Å². The highest BCUT2D eigenvalue weighted by Crippen LogP contribution is 2.38.